The fraction of sp³-hybridized carbons (Fsp3) is 0.192. The summed E-state index contributed by atoms with van der Waals surface area (Å²) in [7, 11) is 1.49. The molecule has 0 fully saturated rings. The summed E-state index contributed by atoms with van der Waals surface area (Å²) < 4.78 is 7.30. The van der Waals surface area contributed by atoms with Crippen molar-refractivity contribution in [1.82, 2.24) is 24.7 Å². The number of aromatic nitrogens is 4. The highest BCUT2D eigenvalue weighted by molar-refractivity contribution is 6.06. The van der Waals surface area contributed by atoms with Crippen molar-refractivity contribution < 1.29 is 14.3 Å². The van der Waals surface area contributed by atoms with E-state index in [1.807, 2.05) is 13.0 Å². The van der Waals surface area contributed by atoms with Crippen molar-refractivity contribution >= 4 is 29.0 Å². The van der Waals surface area contributed by atoms with E-state index in [1.165, 1.54) is 7.11 Å². The van der Waals surface area contributed by atoms with E-state index in [-0.39, 0.29) is 11.7 Å². The quantitative estimate of drug-likeness (QED) is 0.358. The first-order valence-corrected chi connectivity index (χ1v) is 11.1. The van der Waals surface area contributed by atoms with Crippen LogP contribution in [0.2, 0.25) is 0 Å². The van der Waals surface area contributed by atoms with Crippen molar-refractivity contribution in [2.45, 2.75) is 26.8 Å². The zero-order valence-electron chi connectivity index (χ0n) is 20.3. The van der Waals surface area contributed by atoms with Crippen LogP contribution in [0.1, 0.15) is 41.6 Å². The highest BCUT2D eigenvalue weighted by Crippen LogP contribution is 2.33. The SMILES string of the molecule is CC#CC(=O)N[C@@H](C)c1nc(-c2ccc(C(=O)Nc3ccc(C)cn3)c(OC)c2)c2c(N)nccn12. The minimum atomic E-state index is -0.463. The summed E-state index contributed by atoms with van der Waals surface area (Å²) in [4.78, 5) is 38.1. The Hall–Kier alpha value is -4.91. The van der Waals surface area contributed by atoms with Gasteiger partial charge in [0.05, 0.1) is 18.7 Å². The number of aryl methyl sites for hydroxylation is 1. The summed E-state index contributed by atoms with van der Waals surface area (Å²) in [6.45, 7) is 5.31. The average molecular weight is 484 g/mol. The molecule has 10 heteroatoms. The Morgan fingerprint density at radius 1 is 1.19 bits per heavy atom. The van der Waals surface area contributed by atoms with Gasteiger partial charge in [0.2, 0.25) is 0 Å². The molecule has 0 aliphatic carbocycles. The lowest BCUT2D eigenvalue weighted by atomic mass is 10.1. The minimum Gasteiger partial charge on any atom is -0.496 e. The molecule has 10 nitrogen and oxygen atoms in total. The maximum atomic E-state index is 12.9. The lowest BCUT2D eigenvalue weighted by molar-refractivity contribution is -0.116. The molecule has 182 valence electrons. The van der Waals surface area contributed by atoms with Gasteiger partial charge in [0.25, 0.3) is 11.8 Å². The molecule has 0 saturated carbocycles. The Morgan fingerprint density at radius 3 is 2.69 bits per heavy atom. The number of pyridine rings is 1. The van der Waals surface area contributed by atoms with Gasteiger partial charge in [-0.05, 0) is 50.5 Å². The normalized spacial score (nSPS) is 11.3. The maximum absolute atomic E-state index is 12.9. The number of nitrogens with zero attached hydrogens (tertiary/aromatic N) is 4. The first-order chi connectivity index (χ1) is 17.3. The molecule has 4 rings (SSSR count). The van der Waals surface area contributed by atoms with Crippen LogP contribution in [-0.2, 0) is 4.79 Å². The zero-order chi connectivity index (χ0) is 25.8. The van der Waals surface area contributed by atoms with Gasteiger partial charge in [-0.1, -0.05) is 18.1 Å². The van der Waals surface area contributed by atoms with Gasteiger partial charge < -0.3 is 21.1 Å². The third kappa shape index (κ3) is 4.81. The summed E-state index contributed by atoms with van der Waals surface area (Å²) in [5, 5.41) is 5.58. The number of hydrogen-bond donors (Lipinski definition) is 3. The van der Waals surface area contributed by atoms with E-state index in [1.54, 1.807) is 61.1 Å². The molecule has 36 heavy (non-hydrogen) atoms. The summed E-state index contributed by atoms with van der Waals surface area (Å²) in [6, 6.07) is 8.24. The Balaban J connectivity index is 1.73. The van der Waals surface area contributed by atoms with Crippen LogP contribution in [0, 0.1) is 18.8 Å². The number of carbonyl (C=O) groups is 2. The summed E-state index contributed by atoms with van der Waals surface area (Å²) >= 11 is 0. The van der Waals surface area contributed by atoms with Crippen LogP contribution >= 0.6 is 0 Å². The number of benzene rings is 1. The van der Waals surface area contributed by atoms with Gasteiger partial charge in [-0.2, -0.15) is 0 Å². The number of nitrogen functional groups attached to an aromatic ring is 1. The Kier molecular flexibility index (Phi) is 6.83. The van der Waals surface area contributed by atoms with E-state index in [9.17, 15) is 9.59 Å². The fourth-order valence-electron chi connectivity index (χ4n) is 3.76. The van der Waals surface area contributed by atoms with E-state index in [0.29, 0.717) is 39.7 Å². The lowest BCUT2D eigenvalue weighted by Crippen LogP contribution is -2.26. The smallest absolute Gasteiger partial charge is 0.296 e. The summed E-state index contributed by atoms with van der Waals surface area (Å²) in [5.74, 6) is 5.87. The maximum Gasteiger partial charge on any atom is 0.296 e. The third-order valence-electron chi connectivity index (χ3n) is 5.46. The molecule has 0 saturated heterocycles. The van der Waals surface area contributed by atoms with Crippen LogP contribution in [0.3, 0.4) is 0 Å². The van der Waals surface area contributed by atoms with Gasteiger partial charge in [0.15, 0.2) is 0 Å². The molecule has 0 unspecified atom stereocenters. The van der Waals surface area contributed by atoms with Crippen molar-refractivity contribution in [3.63, 3.8) is 0 Å². The molecule has 1 atom stereocenters. The molecule has 3 heterocycles. The molecular weight excluding hydrogens is 458 g/mol. The number of nitrogens with one attached hydrogen (secondary N) is 2. The second kappa shape index (κ2) is 10.1. The number of nitrogens with two attached hydrogens (primary N) is 1. The molecule has 0 aliphatic rings. The number of anilines is 2. The number of carbonyl (C=O) groups excluding carboxylic acids is 2. The highest BCUT2D eigenvalue weighted by Gasteiger charge is 2.22. The van der Waals surface area contributed by atoms with E-state index in [0.717, 1.165) is 5.56 Å². The van der Waals surface area contributed by atoms with Crippen LogP contribution in [0.5, 0.6) is 5.75 Å². The van der Waals surface area contributed by atoms with E-state index in [2.05, 4.69) is 32.4 Å². The molecule has 3 aromatic heterocycles. The van der Waals surface area contributed by atoms with Gasteiger partial charge in [-0.15, -0.1) is 0 Å². The number of rotatable bonds is 6. The molecule has 0 aliphatic heterocycles. The predicted octanol–water partition coefficient (Wildman–Crippen LogP) is 3.14. The number of hydrogen-bond acceptors (Lipinski definition) is 7. The lowest BCUT2D eigenvalue weighted by Gasteiger charge is -2.11. The third-order valence-corrected chi connectivity index (χ3v) is 5.46. The first kappa shape index (κ1) is 24.2. The number of fused-ring (bicyclic) bond motifs is 1. The summed E-state index contributed by atoms with van der Waals surface area (Å²) in [5.41, 5.74) is 9.30. The molecular formula is C26H25N7O3. The van der Waals surface area contributed by atoms with Gasteiger partial charge in [0.1, 0.15) is 34.4 Å². The summed E-state index contributed by atoms with van der Waals surface area (Å²) in [6.07, 6.45) is 4.96. The zero-order valence-corrected chi connectivity index (χ0v) is 20.3. The van der Waals surface area contributed by atoms with Crippen molar-refractivity contribution in [2.24, 2.45) is 0 Å². The van der Waals surface area contributed by atoms with Crippen LogP contribution < -0.4 is 21.1 Å². The predicted molar refractivity (Wildman–Crippen MR) is 136 cm³/mol. The minimum absolute atomic E-state index is 0.268. The van der Waals surface area contributed by atoms with Gasteiger partial charge >= 0.3 is 0 Å². The highest BCUT2D eigenvalue weighted by atomic mass is 16.5. The first-order valence-electron chi connectivity index (χ1n) is 11.1. The monoisotopic (exact) mass is 483 g/mol. The number of imidazole rings is 1. The average Bonchev–Trinajstić information content (AvgIpc) is 3.26. The second-order valence-electron chi connectivity index (χ2n) is 8.01. The van der Waals surface area contributed by atoms with Crippen LogP contribution in [0.25, 0.3) is 16.8 Å². The number of methoxy groups -OCH3 is 1. The largest absolute Gasteiger partial charge is 0.496 e. The molecule has 0 bridgehead atoms. The van der Waals surface area contributed by atoms with Gasteiger partial charge in [-0.3, -0.25) is 14.0 Å². The van der Waals surface area contributed by atoms with Crippen LogP contribution in [-0.4, -0.2) is 38.3 Å². The Bertz CT molecular complexity index is 1510. The van der Waals surface area contributed by atoms with Gasteiger partial charge in [-0.25, -0.2) is 15.0 Å². The van der Waals surface area contributed by atoms with Crippen molar-refractivity contribution in [3.8, 4) is 28.8 Å². The van der Waals surface area contributed by atoms with Gasteiger partial charge in [0, 0.05) is 24.2 Å². The van der Waals surface area contributed by atoms with E-state index < -0.39 is 11.9 Å². The number of ether oxygens (including phenoxy) is 1. The van der Waals surface area contributed by atoms with E-state index in [4.69, 9.17) is 15.5 Å². The number of amides is 2. The standard InChI is InChI=1S/C26H25N7O3/c1-5-6-21(34)30-16(3)25-32-22(23-24(27)28-11-12-33(23)25)17-8-9-18(19(13-17)36-4)26(35)31-20-10-7-15(2)14-29-20/h7-14,16H,1-4H3,(H2,27,28)(H,30,34)(H,29,31,35)/t16-/m0/s1. The molecule has 4 aromatic rings. The van der Waals surface area contributed by atoms with Crippen molar-refractivity contribution in [1.29, 1.82) is 0 Å². The fourth-order valence-corrected chi connectivity index (χ4v) is 3.76. The van der Waals surface area contributed by atoms with E-state index >= 15 is 0 Å². The Labute approximate surface area is 207 Å². The topological polar surface area (TPSA) is 137 Å². The molecule has 0 radical (unpaired) electrons. The molecule has 0 spiro atoms. The Morgan fingerprint density at radius 2 is 2.00 bits per heavy atom. The molecule has 1 aromatic carbocycles. The van der Waals surface area contributed by atoms with Crippen LogP contribution in [0.4, 0.5) is 11.6 Å². The molecule has 2 amide bonds. The second-order valence-corrected chi connectivity index (χ2v) is 8.01. The van der Waals surface area contributed by atoms with Crippen molar-refractivity contribution in [2.75, 3.05) is 18.2 Å². The van der Waals surface area contributed by atoms with Crippen molar-refractivity contribution in [3.05, 3.63) is 65.9 Å². The van der Waals surface area contributed by atoms with Crippen LogP contribution in [0.15, 0.2) is 48.9 Å². The molecule has 4 N–H and O–H groups in total.